The summed E-state index contributed by atoms with van der Waals surface area (Å²) in [6.07, 6.45) is -0.529. The van der Waals surface area contributed by atoms with Crippen LogP contribution in [0.2, 0.25) is 5.02 Å². The second-order valence-electron chi connectivity index (χ2n) is 6.41. The molecule has 1 heterocycles. The quantitative estimate of drug-likeness (QED) is 0.805. The molecule has 3 rings (SSSR count). The van der Waals surface area contributed by atoms with Gasteiger partial charge in [-0.25, -0.2) is 0 Å². The number of piperazine rings is 1. The molecule has 1 aliphatic rings. The molecule has 0 saturated carbocycles. The number of benzene rings is 2. The van der Waals surface area contributed by atoms with E-state index < -0.39 is 6.10 Å². The Kier molecular flexibility index (Phi) is 6.61. The Morgan fingerprint density at radius 2 is 1.77 bits per heavy atom. The zero-order chi connectivity index (χ0) is 18.4. The van der Waals surface area contributed by atoms with Crippen molar-refractivity contribution in [3.05, 3.63) is 53.6 Å². The molecule has 1 atom stereocenters. The lowest BCUT2D eigenvalue weighted by molar-refractivity contribution is 0.0662. The molecule has 0 bridgehead atoms. The van der Waals surface area contributed by atoms with Crippen molar-refractivity contribution in [1.82, 2.24) is 4.90 Å². The topological polar surface area (TPSA) is 45.2 Å². The Morgan fingerprint density at radius 1 is 1.04 bits per heavy atom. The first-order chi connectivity index (χ1) is 12.6. The van der Waals surface area contributed by atoms with Crippen LogP contribution < -0.4 is 14.4 Å². The highest BCUT2D eigenvalue weighted by Crippen LogP contribution is 2.21. The Labute approximate surface area is 159 Å². The summed E-state index contributed by atoms with van der Waals surface area (Å²) in [6.45, 7) is 4.52. The van der Waals surface area contributed by atoms with Crippen LogP contribution in [0.5, 0.6) is 11.5 Å². The predicted octanol–water partition coefficient (Wildman–Crippen LogP) is 2.91. The first kappa shape index (κ1) is 18.8. The van der Waals surface area contributed by atoms with Gasteiger partial charge in [0.05, 0.1) is 7.11 Å². The van der Waals surface area contributed by atoms with Crippen LogP contribution in [0.25, 0.3) is 0 Å². The molecule has 0 aromatic heterocycles. The molecule has 0 amide bonds. The van der Waals surface area contributed by atoms with E-state index in [1.165, 1.54) is 0 Å². The highest BCUT2D eigenvalue weighted by Gasteiger charge is 2.20. The molecule has 1 fully saturated rings. The number of anilines is 1. The van der Waals surface area contributed by atoms with Gasteiger partial charge in [-0.3, -0.25) is 4.90 Å². The summed E-state index contributed by atoms with van der Waals surface area (Å²) < 4.78 is 10.8. The van der Waals surface area contributed by atoms with Crippen LogP contribution in [-0.2, 0) is 0 Å². The number of hydrogen-bond donors (Lipinski definition) is 1. The van der Waals surface area contributed by atoms with E-state index in [4.69, 9.17) is 21.1 Å². The normalized spacial score (nSPS) is 16.3. The van der Waals surface area contributed by atoms with Crippen LogP contribution in [-0.4, -0.2) is 62.6 Å². The van der Waals surface area contributed by atoms with Crippen molar-refractivity contribution in [3.8, 4) is 11.5 Å². The summed E-state index contributed by atoms with van der Waals surface area (Å²) in [6, 6.07) is 15.4. The van der Waals surface area contributed by atoms with Gasteiger partial charge in [0.25, 0.3) is 0 Å². The van der Waals surface area contributed by atoms with Gasteiger partial charge >= 0.3 is 0 Å². The van der Waals surface area contributed by atoms with Gasteiger partial charge in [0.1, 0.15) is 24.2 Å². The lowest BCUT2D eigenvalue weighted by atomic mass is 10.2. The summed E-state index contributed by atoms with van der Waals surface area (Å²) in [4.78, 5) is 4.59. The second-order valence-corrected chi connectivity index (χ2v) is 6.85. The highest BCUT2D eigenvalue weighted by molar-refractivity contribution is 6.30. The molecule has 1 N–H and O–H groups in total. The fraction of sp³-hybridized carbons (Fsp3) is 0.400. The molecule has 1 saturated heterocycles. The summed E-state index contributed by atoms with van der Waals surface area (Å²) in [7, 11) is 1.62. The van der Waals surface area contributed by atoms with Crippen molar-refractivity contribution in [2.24, 2.45) is 0 Å². The maximum absolute atomic E-state index is 10.3. The molecule has 0 spiro atoms. The van der Waals surface area contributed by atoms with Gasteiger partial charge < -0.3 is 19.5 Å². The third-order valence-corrected chi connectivity index (χ3v) is 4.73. The largest absolute Gasteiger partial charge is 0.497 e. The number of aliphatic hydroxyl groups is 1. The molecule has 2 aromatic rings. The zero-order valence-electron chi connectivity index (χ0n) is 15.0. The van der Waals surface area contributed by atoms with Gasteiger partial charge in [-0.1, -0.05) is 23.7 Å². The van der Waals surface area contributed by atoms with E-state index in [2.05, 4.69) is 15.9 Å². The minimum Gasteiger partial charge on any atom is -0.497 e. The first-order valence-electron chi connectivity index (χ1n) is 8.82. The fourth-order valence-electron chi connectivity index (χ4n) is 3.10. The van der Waals surface area contributed by atoms with E-state index in [-0.39, 0.29) is 6.61 Å². The van der Waals surface area contributed by atoms with Crippen molar-refractivity contribution in [2.45, 2.75) is 6.10 Å². The average Bonchev–Trinajstić information content (AvgIpc) is 2.67. The third kappa shape index (κ3) is 5.27. The number of halogens is 1. The fourth-order valence-corrected chi connectivity index (χ4v) is 3.28. The van der Waals surface area contributed by atoms with Gasteiger partial charge in [0.15, 0.2) is 0 Å². The maximum atomic E-state index is 10.3. The number of ether oxygens (including phenoxy) is 2. The van der Waals surface area contributed by atoms with E-state index in [1.807, 2.05) is 42.5 Å². The molecule has 0 unspecified atom stereocenters. The molecular formula is C20H25ClN2O3. The van der Waals surface area contributed by atoms with E-state index in [1.54, 1.807) is 7.11 Å². The lowest BCUT2D eigenvalue weighted by Gasteiger charge is -2.36. The standard InChI is InChI=1S/C20H25ClN2O3/c1-25-19-6-3-7-20(13-19)26-15-18(24)14-22-8-10-23(11-9-22)17-5-2-4-16(21)12-17/h2-7,12-13,18,24H,8-11,14-15H2,1H3/t18-/m1/s1. The molecule has 26 heavy (non-hydrogen) atoms. The Hall–Kier alpha value is -1.95. The minimum atomic E-state index is -0.529. The number of aliphatic hydroxyl groups excluding tert-OH is 1. The van der Waals surface area contributed by atoms with Crippen LogP contribution in [0.15, 0.2) is 48.5 Å². The molecular weight excluding hydrogens is 352 g/mol. The minimum absolute atomic E-state index is 0.266. The van der Waals surface area contributed by atoms with Crippen LogP contribution in [0, 0.1) is 0 Å². The summed E-state index contributed by atoms with van der Waals surface area (Å²) in [5.41, 5.74) is 1.15. The smallest absolute Gasteiger partial charge is 0.123 e. The molecule has 5 nitrogen and oxygen atoms in total. The lowest BCUT2D eigenvalue weighted by Crippen LogP contribution is -2.49. The Morgan fingerprint density at radius 3 is 2.50 bits per heavy atom. The number of β-amino-alcohol motifs (C(OH)–C–C–N with tert-alkyl or cyclic N) is 1. The molecule has 0 aliphatic carbocycles. The molecule has 1 aliphatic heterocycles. The number of nitrogens with zero attached hydrogens (tertiary/aromatic N) is 2. The van der Waals surface area contributed by atoms with Crippen molar-refractivity contribution in [2.75, 3.05) is 51.3 Å². The average molecular weight is 377 g/mol. The van der Waals surface area contributed by atoms with Crippen LogP contribution in [0.3, 0.4) is 0 Å². The SMILES string of the molecule is COc1cccc(OC[C@H](O)CN2CCN(c3cccc(Cl)c3)CC2)c1. The zero-order valence-corrected chi connectivity index (χ0v) is 15.7. The summed E-state index contributed by atoms with van der Waals surface area (Å²) >= 11 is 6.07. The predicted molar refractivity (Wildman–Crippen MR) is 105 cm³/mol. The Balaban J connectivity index is 1.42. The van der Waals surface area contributed by atoms with Crippen molar-refractivity contribution in [3.63, 3.8) is 0 Å². The molecule has 6 heteroatoms. The highest BCUT2D eigenvalue weighted by atomic mass is 35.5. The van der Waals surface area contributed by atoms with Gasteiger partial charge in [-0.05, 0) is 30.3 Å². The molecule has 140 valence electrons. The van der Waals surface area contributed by atoms with Crippen molar-refractivity contribution < 1.29 is 14.6 Å². The van der Waals surface area contributed by atoms with Gasteiger partial charge in [-0.15, -0.1) is 0 Å². The number of methoxy groups -OCH3 is 1. The second kappa shape index (κ2) is 9.12. The maximum Gasteiger partial charge on any atom is 0.123 e. The van der Waals surface area contributed by atoms with Crippen LogP contribution in [0.4, 0.5) is 5.69 Å². The van der Waals surface area contributed by atoms with Crippen LogP contribution in [0.1, 0.15) is 0 Å². The number of rotatable bonds is 7. The molecule has 0 radical (unpaired) electrons. The van der Waals surface area contributed by atoms with Gasteiger partial charge in [0.2, 0.25) is 0 Å². The molecule has 2 aromatic carbocycles. The van der Waals surface area contributed by atoms with E-state index in [9.17, 15) is 5.11 Å². The number of hydrogen-bond acceptors (Lipinski definition) is 5. The summed E-state index contributed by atoms with van der Waals surface area (Å²) in [5, 5.41) is 11.0. The van der Waals surface area contributed by atoms with Gasteiger partial charge in [0, 0.05) is 49.5 Å². The van der Waals surface area contributed by atoms with Gasteiger partial charge in [-0.2, -0.15) is 0 Å². The Bertz CT molecular complexity index is 705. The van der Waals surface area contributed by atoms with E-state index >= 15 is 0 Å². The first-order valence-corrected chi connectivity index (χ1v) is 9.19. The van der Waals surface area contributed by atoms with Crippen molar-refractivity contribution >= 4 is 17.3 Å². The third-order valence-electron chi connectivity index (χ3n) is 4.50. The monoisotopic (exact) mass is 376 g/mol. The van der Waals surface area contributed by atoms with E-state index in [0.29, 0.717) is 12.3 Å². The summed E-state index contributed by atoms with van der Waals surface area (Å²) in [5.74, 6) is 1.45. The van der Waals surface area contributed by atoms with Crippen molar-refractivity contribution in [1.29, 1.82) is 0 Å². The van der Waals surface area contributed by atoms with E-state index in [0.717, 1.165) is 42.6 Å². The van der Waals surface area contributed by atoms with Crippen LogP contribution >= 0.6 is 11.6 Å².